The van der Waals surface area contributed by atoms with Gasteiger partial charge in [0, 0.05) is 17.5 Å². The lowest BCUT2D eigenvalue weighted by atomic mass is 10.2. The molecule has 0 aliphatic heterocycles. The summed E-state index contributed by atoms with van der Waals surface area (Å²) in [5, 5.41) is 9.30. The Balaban J connectivity index is 2.64. The molecule has 0 saturated heterocycles. The molecule has 2 rings (SSSR count). The highest BCUT2D eigenvalue weighted by Gasteiger charge is 2.03. The average Bonchev–Trinajstić information content (AvgIpc) is 2.54. The standard InChI is InChI=1S/C11H8N2O2/c12-13-7-8(5-6-11(14)15)9-3-1-2-4-10(9)13/h1-4,7H,12H2,(H,14,15). The van der Waals surface area contributed by atoms with E-state index in [4.69, 9.17) is 10.9 Å². The summed E-state index contributed by atoms with van der Waals surface area (Å²) in [4.78, 5) is 10.3. The lowest BCUT2D eigenvalue weighted by Gasteiger charge is -1.92. The quantitative estimate of drug-likeness (QED) is 0.488. The number of hydrogen-bond donors (Lipinski definition) is 2. The zero-order chi connectivity index (χ0) is 10.8. The monoisotopic (exact) mass is 200 g/mol. The van der Waals surface area contributed by atoms with Crippen LogP contribution in [0.4, 0.5) is 0 Å². The molecule has 1 heterocycles. The third-order valence-electron chi connectivity index (χ3n) is 2.04. The molecule has 3 N–H and O–H groups in total. The first-order chi connectivity index (χ1) is 7.18. The highest BCUT2D eigenvalue weighted by atomic mass is 16.4. The van der Waals surface area contributed by atoms with Gasteiger partial charge in [-0.15, -0.1) is 0 Å². The van der Waals surface area contributed by atoms with Crippen molar-refractivity contribution in [3.8, 4) is 11.8 Å². The summed E-state index contributed by atoms with van der Waals surface area (Å²) < 4.78 is 1.43. The van der Waals surface area contributed by atoms with Crippen molar-refractivity contribution in [3.63, 3.8) is 0 Å². The average molecular weight is 200 g/mol. The molecule has 0 fully saturated rings. The molecule has 2 aromatic rings. The Morgan fingerprint density at radius 3 is 2.87 bits per heavy atom. The fraction of sp³-hybridized carbons (Fsp3) is 0. The molecule has 0 amide bonds. The second-order valence-electron chi connectivity index (χ2n) is 3.02. The first-order valence-corrected chi connectivity index (χ1v) is 4.28. The van der Waals surface area contributed by atoms with Gasteiger partial charge in [-0.25, -0.2) is 4.79 Å². The Bertz CT molecular complexity index is 587. The van der Waals surface area contributed by atoms with E-state index in [2.05, 4.69) is 11.8 Å². The SMILES string of the molecule is Nn1cc(C#CC(=O)O)c2ccccc21. The molecule has 0 atom stereocenters. The van der Waals surface area contributed by atoms with Crippen molar-refractivity contribution < 1.29 is 9.90 Å². The summed E-state index contributed by atoms with van der Waals surface area (Å²) in [5.74, 6) is 9.16. The van der Waals surface area contributed by atoms with E-state index in [1.165, 1.54) is 4.68 Å². The van der Waals surface area contributed by atoms with Gasteiger partial charge in [-0.1, -0.05) is 24.1 Å². The van der Waals surface area contributed by atoms with E-state index >= 15 is 0 Å². The molecule has 0 aliphatic rings. The van der Waals surface area contributed by atoms with Crippen LogP contribution in [0.2, 0.25) is 0 Å². The number of fused-ring (bicyclic) bond motifs is 1. The molecule has 15 heavy (non-hydrogen) atoms. The topological polar surface area (TPSA) is 68.2 Å². The van der Waals surface area contributed by atoms with Crippen LogP contribution in [0.15, 0.2) is 30.5 Å². The fourth-order valence-corrected chi connectivity index (χ4v) is 1.43. The molecule has 0 spiro atoms. The van der Waals surface area contributed by atoms with Crippen molar-refractivity contribution in [1.82, 2.24) is 4.68 Å². The highest BCUT2D eigenvalue weighted by Crippen LogP contribution is 2.17. The maximum Gasteiger partial charge on any atom is 0.382 e. The minimum Gasteiger partial charge on any atom is -0.472 e. The minimum atomic E-state index is -1.15. The Labute approximate surface area is 85.9 Å². The largest absolute Gasteiger partial charge is 0.472 e. The molecule has 0 saturated carbocycles. The van der Waals surface area contributed by atoms with Gasteiger partial charge in [-0.2, -0.15) is 0 Å². The number of aliphatic carboxylic acids is 1. The van der Waals surface area contributed by atoms with Crippen LogP contribution < -0.4 is 5.84 Å². The number of carboxylic acid groups (broad SMARTS) is 1. The predicted molar refractivity (Wildman–Crippen MR) is 56.6 cm³/mol. The van der Waals surface area contributed by atoms with Crippen molar-refractivity contribution in [2.45, 2.75) is 0 Å². The van der Waals surface area contributed by atoms with Crippen molar-refractivity contribution in [1.29, 1.82) is 0 Å². The number of carbonyl (C=O) groups is 1. The van der Waals surface area contributed by atoms with Gasteiger partial charge < -0.3 is 10.9 Å². The number of nitrogen functional groups attached to an aromatic ring is 1. The van der Waals surface area contributed by atoms with Crippen LogP contribution in [0.3, 0.4) is 0 Å². The normalized spacial score (nSPS) is 9.60. The van der Waals surface area contributed by atoms with E-state index in [-0.39, 0.29) is 0 Å². The maximum atomic E-state index is 10.3. The number of nitrogens with two attached hydrogens (primary N) is 1. The Morgan fingerprint density at radius 1 is 1.40 bits per heavy atom. The van der Waals surface area contributed by atoms with Gasteiger partial charge >= 0.3 is 5.97 Å². The summed E-state index contributed by atoms with van der Waals surface area (Å²) in [6, 6.07) is 7.42. The zero-order valence-corrected chi connectivity index (χ0v) is 7.77. The van der Waals surface area contributed by atoms with Gasteiger partial charge in [-0.05, 0) is 6.07 Å². The third-order valence-corrected chi connectivity index (χ3v) is 2.04. The van der Waals surface area contributed by atoms with Crippen LogP contribution in [-0.2, 0) is 4.79 Å². The van der Waals surface area contributed by atoms with Crippen LogP contribution in [0.1, 0.15) is 5.56 Å². The molecular formula is C11H8N2O2. The maximum absolute atomic E-state index is 10.3. The highest BCUT2D eigenvalue weighted by molar-refractivity contribution is 5.91. The van der Waals surface area contributed by atoms with Crippen LogP contribution >= 0.6 is 0 Å². The number of aromatic nitrogens is 1. The van der Waals surface area contributed by atoms with E-state index in [0.717, 1.165) is 10.9 Å². The molecule has 0 radical (unpaired) electrons. The molecule has 1 aromatic carbocycles. The summed E-state index contributed by atoms with van der Waals surface area (Å²) in [7, 11) is 0. The van der Waals surface area contributed by atoms with Crippen LogP contribution in [0.25, 0.3) is 10.9 Å². The zero-order valence-electron chi connectivity index (χ0n) is 7.77. The number of rotatable bonds is 0. The predicted octanol–water partition coefficient (Wildman–Crippen LogP) is 0.791. The summed E-state index contributed by atoms with van der Waals surface area (Å²) >= 11 is 0. The molecule has 74 valence electrons. The van der Waals surface area contributed by atoms with Crippen molar-refractivity contribution in [2.75, 3.05) is 5.84 Å². The number of benzene rings is 1. The van der Waals surface area contributed by atoms with Gasteiger partial charge in [0.25, 0.3) is 0 Å². The Morgan fingerprint density at radius 2 is 2.13 bits per heavy atom. The van der Waals surface area contributed by atoms with Crippen molar-refractivity contribution >= 4 is 16.9 Å². The Kier molecular flexibility index (Phi) is 2.07. The summed E-state index contributed by atoms with van der Waals surface area (Å²) in [6.07, 6.45) is 1.61. The van der Waals surface area contributed by atoms with Gasteiger partial charge in [0.15, 0.2) is 0 Å². The number of para-hydroxylation sites is 1. The minimum absolute atomic E-state index is 0.621. The molecule has 1 aromatic heterocycles. The lowest BCUT2D eigenvalue weighted by molar-refractivity contribution is -0.130. The molecule has 0 aliphatic carbocycles. The number of carboxylic acids is 1. The van der Waals surface area contributed by atoms with E-state index < -0.39 is 5.97 Å². The molecule has 4 nitrogen and oxygen atoms in total. The van der Waals surface area contributed by atoms with Gasteiger partial charge in [0.1, 0.15) is 0 Å². The van der Waals surface area contributed by atoms with E-state index in [9.17, 15) is 4.79 Å². The van der Waals surface area contributed by atoms with Crippen LogP contribution in [-0.4, -0.2) is 15.8 Å². The van der Waals surface area contributed by atoms with Crippen molar-refractivity contribution in [3.05, 3.63) is 36.0 Å². The summed E-state index contributed by atoms with van der Waals surface area (Å²) in [5.41, 5.74) is 1.45. The Hall–Kier alpha value is -2.41. The van der Waals surface area contributed by atoms with Crippen molar-refractivity contribution in [2.24, 2.45) is 0 Å². The van der Waals surface area contributed by atoms with Crippen LogP contribution in [0.5, 0.6) is 0 Å². The van der Waals surface area contributed by atoms with E-state index in [0.29, 0.717) is 5.56 Å². The summed E-state index contributed by atoms with van der Waals surface area (Å²) in [6.45, 7) is 0. The van der Waals surface area contributed by atoms with E-state index in [1.54, 1.807) is 6.20 Å². The third kappa shape index (κ3) is 1.63. The van der Waals surface area contributed by atoms with E-state index in [1.807, 2.05) is 24.3 Å². The van der Waals surface area contributed by atoms with Gasteiger partial charge in [0.05, 0.1) is 11.1 Å². The molecular weight excluding hydrogens is 192 g/mol. The first kappa shape index (κ1) is 9.16. The number of nitrogens with zero attached hydrogens (tertiary/aromatic N) is 1. The molecule has 0 unspecified atom stereocenters. The molecule has 0 bridgehead atoms. The smallest absolute Gasteiger partial charge is 0.382 e. The van der Waals surface area contributed by atoms with Gasteiger partial charge in [0.2, 0.25) is 0 Å². The second-order valence-corrected chi connectivity index (χ2v) is 3.02. The lowest BCUT2D eigenvalue weighted by Crippen LogP contribution is -2.04. The molecule has 4 heteroatoms. The first-order valence-electron chi connectivity index (χ1n) is 4.28. The van der Waals surface area contributed by atoms with Gasteiger partial charge in [-0.3, -0.25) is 4.68 Å². The van der Waals surface area contributed by atoms with Crippen LogP contribution in [0, 0.1) is 11.8 Å². The second kappa shape index (κ2) is 3.39. The fourth-order valence-electron chi connectivity index (χ4n) is 1.43. The number of hydrogen-bond acceptors (Lipinski definition) is 2.